The average Bonchev–Trinajstić information content (AvgIpc) is 2.99. The highest BCUT2D eigenvalue weighted by Crippen LogP contribution is 2.41. The number of nitrogens with zero attached hydrogens (tertiary/aromatic N) is 3. The highest BCUT2D eigenvalue weighted by atomic mass is 32.2. The fraction of sp³-hybridized carbons (Fsp3) is 0.625. The van der Waals surface area contributed by atoms with Crippen molar-refractivity contribution in [2.45, 2.75) is 50.5 Å². The zero-order valence-electron chi connectivity index (χ0n) is 13.7. The van der Waals surface area contributed by atoms with Crippen molar-refractivity contribution in [1.82, 2.24) is 9.88 Å². The molecule has 24 heavy (non-hydrogen) atoms. The van der Waals surface area contributed by atoms with Crippen LogP contribution in [0.4, 0.5) is 13.2 Å². The Labute approximate surface area is 143 Å². The number of fused-ring (bicyclic) bond motifs is 1. The van der Waals surface area contributed by atoms with Gasteiger partial charge in [-0.3, -0.25) is 4.90 Å². The molecular weight excluding hydrogens is 339 g/mol. The lowest BCUT2D eigenvalue weighted by molar-refractivity contribution is -0.138. The van der Waals surface area contributed by atoms with E-state index in [2.05, 4.69) is 4.98 Å². The summed E-state index contributed by atoms with van der Waals surface area (Å²) in [4.78, 5) is 6.08. The number of thioether (sulfide) groups is 1. The summed E-state index contributed by atoms with van der Waals surface area (Å²) < 4.78 is 40.4. The van der Waals surface area contributed by atoms with Gasteiger partial charge < -0.3 is 5.11 Å². The molecule has 1 aromatic heterocycles. The van der Waals surface area contributed by atoms with Gasteiger partial charge in [-0.05, 0) is 37.9 Å². The first-order chi connectivity index (χ1) is 11.3. The predicted octanol–water partition coefficient (Wildman–Crippen LogP) is 3.21. The number of pyridine rings is 1. The average molecular weight is 359 g/mol. The van der Waals surface area contributed by atoms with E-state index in [1.54, 1.807) is 11.0 Å². The third kappa shape index (κ3) is 3.85. The summed E-state index contributed by atoms with van der Waals surface area (Å²) in [6, 6.07) is 1.68. The van der Waals surface area contributed by atoms with Crippen molar-refractivity contribution in [1.29, 1.82) is 5.26 Å². The minimum absolute atomic E-state index is 0.0664. The Morgan fingerprint density at radius 3 is 2.54 bits per heavy atom. The van der Waals surface area contributed by atoms with Crippen LogP contribution in [0.15, 0.2) is 5.03 Å². The maximum Gasteiger partial charge on any atom is 0.418 e. The SMILES string of the molecule is CCN(CC)C(O)CSc1nc2c(c(C(F)(F)F)c1C#N)CCC2. The Bertz CT molecular complexity index is 639. The van der Waals surface area contributed by atoms with Crippen LogP contribution in [0.5, 0.6) is 0 Å². The summed E-state index contributed by atoms with van der Waals surface area (Å²) in [7, 11) is 0. The molecule has 0 spiro atoms. The molecule has 1 unspecified atom stereocenters. The van der Waals surface area contributed by atoms with Crippen LogP contribution < -0.4 is 0 Å². The molecule has 1 aliphatic carbocycles. The topological polar surface area (TPSA) is 60.1 Å². The van der Waals surface area contributed by atoms with Gasteiger partial charge in [0.15, 0.2) is 0 Å². The summed E-state index contributed by atoms with van der Waals surface area (Å²) in [5.74, 6) is 0.166. The first-order valence-corrected chi connectivity index (χ1v) is 8.89. The molecule has 0 saturated carbocycles. The zero-order chi connectivity index (χ0) is 17.9. The number of hydrogen-bond donors (Lipinski definition) is 1. The summed E-state index contributed by atoms with van der Waals surface area (Å²) >= 11 is 1.01. The standard InChI is InChI=1S/C16H20F3N3OS/c1-3-22(4-2)13(23)9-24-15-11(8-20)14(16(17,18)19)10-6-5-7-12(10)21-15/h13,23H,3-7,9H2,1-2H3. The lowest BCUT2D eigenvalue weighted by atomic mass is 10.0. The first kappa shape index (κ1) is 19.0. The number of aryl methyl sites for hydroxylation is 1. The lowest BCUT2D eigenvalue weighted by Gasteiger charge is -2.24. The molecule has 132 valence electrons. The molecule has 0 radical (unpaired) electrons. The number of aliphatic hydroxyl groups is 1. The van der Waals surface area contributed by atoms with Crippen molar-refractivity contribution in [3.63, 3.8) is 0 Å². The summed E-state index contributed by atoms with van der Waals surface area (Å²) in [5.41, 5.74) is -0.666. The Morgan fingerprint density at radius 1 is 1.33 bits per heavy atom. The van der Waals surface area contributed by atoms with E-state index in [0.29, 0.717) is 38.0 Å². The van der Waals surface area contributed by atoms with E-state index in [9.17, 15) is 23.5 Å². The zero-order valence-corrected chi connectivity index (χ0v) is 14.5. The molecule has 1 aromatic rings. The number of rotatable bonds is 6. The van der Waals surface area contributed by atoms with E-state index < -0.39 is 23.5 Å². The van der Waals surface area contributed by atoms with Crippen molar-refractivity contribution in [2.75, 3.05) is 18.8 Å². The molecule has 0 saturated heterocycles. The fourth-order valence-corrected chi connectivity index (χ4v) is 3.97. The molecule has 0 bridgehead atoms. The number of halogens is 3. The van der Waals surface area contributed by atoms with E-state index in [4.69, 9.17) is 0 Å². The smallest absolute Gasteiger partial charge is 0.377 e. The fourth-order valence-electron chi connectivity index (χ4n) is 2.98. The second-order valence-electron chi connectivity index (χ2n) is 5.57. The summed E-state index contributed by atoms with van der Waals surface area (Å²) in [6.45, 7) is 5.06. The molecule has 0 amide bonds. The normalized spacial score (nSPS) is 15.4. The lowest BCUT2D eigenvalue weighted by Crippen LogP contribution is -2.36. The van der Waals surface area contributed by atoms with Gasteiger partial charge in [0.2, 0.25) is 0 Å². The van der Waals surface area contributed by atoms with Gasteiger partial charge >= 0.3 is 6.18 Å². The van der Waals surface area contributed by atoms with Crippen molar-refractivity contribution < 1.29 is 18.3 Å². The van der Waals surface area contributed by atoms with Crippen LogP contribution >= 0.6 is 11.8 Å². The highest BCUT2D eigenvalue weighted by molar-refractivity contribution is 7.99. The second-order valence-corrected chi connectivity index (χ2v) is 6.58. The van der Waals surface area contributed by atoms with Crippen LogP contribution in [0.2, 0.25) is 0 Å². The third-order valence-corrected chi connectivity index (χ3v) is 5.22. The molecule has 1 N–H and O–H groups in total. The van der Waals surface area contributed by atoms with Crippen molar-refractivity contribution in [3.05, 3.63) is 22.4 Å². The van der Waals surface area contributed by atoms with Gasteiger partial charge in [0.1, 0.15) is 17.3 Å². The van der Waals surface area contributed by atoms with Crippen LogP contribution in [0.25, 0.3) is 0 Å². The Morgan fingerprint density at radius 2 is 2.00 bits per heavy atom. The van der Waals surface area contributed by atoms with Crippen LogP contribution in [0, 0.1) is 11.3 Å². The summed E-state index contributed by atoms with van der Waals surface area (Å²) in [5, 5.41) is 19.5. The first-order valence-electron chi connectivity index (χ1n) is 7.91. The van der Waals surface area contributed by atoms with E-state index in [1.165, 1.54) is 0 Å². The van der Waals surface area contributed by atoms with Gasteiger partial charge in [0.25, 0.3) is 0 Å². The van der Waals surface area contributed by atoms with Gasteiger partial charge in [-0.1, -0.05) is 13.8 Å². The quantitative estimate of drug-likeness (QED) is 0.624. The number of nitriles is 1. The Kier molecular flexibility index (Phi) is 6.12. The second kappa shape index (κ2) is 7.72. The van der Waals surface area contributed by atoms with Gasteiger partial charge in [-0.25, -0.2) is 4.98 Å². The third-order valence-electron chi connectivity index (χ3n) is 4.19. The van der Waals surface area contributed by atoms with Crippen LogP contribution in [0.3, 0.4) is 0 Å². The molecule has 1 heterocycles. The molecule has 0 aliphatic heterocycles. The van der Waals surface area contributed by atoms with Crippen LogP contribution in [-0.4, -0.2) is 40.1 Å². The minimum Gasteiger partial charge on any atom is -0.377 e. The monoisotopic (exact) mass is 359 g/mol. The van der Waals surface area contributed by atoms with E-state index in [-0.39, 0.29) is 16.3 Å². The molecule has 0 fully saturated rings. The number of aromatic nitrogens is 1. The van der Waals surface area contributed by atoms with E-state index in [0.717, 1.165) is 11.8 Å². The van der Waals surface area contributed by atoms with Crippen LogP contribution in [-0.2, 0) is 19.0 Å². The maximum absolute atomic E-state index is 13.5. The molecule has 1 aliphatic rings. The van der Waals surface area contributed by atoms with Crippen molar-refractivity contribution in [3.8, 4) is 6.07 Å². The summed E-state index contributed by atoms with van der Waals surface area (Å²) in [6.07, 6.45) is -3.95. The van der Waals surface area contributed by atoms with E-state index >= 15 is 0 Å². The molecular formula is C16H20F3N3OS. The van der Waals surface area contributed by atoms with Crippen molar-refractivity contribution >= 4 is 11.8 Å². The molecule has 1 atom stereocenters. The van der Waals surface area contributed by atoms with Gasteiger partial charge in [0, 0.05) is 11.4 Å². The molecule has 2 rings (SSSR count). The highest BCUT2D eigenvalue weighted by Gasteiger charge is 2.40. The predicted molar refractivity (Wildman–Crippen MR) is 85.6 cm³/mol. The molecule has 8 heteroatoms. The number of aliphatic hydroxyl groups excluding tert-OH is 1. The molecule has 0 aromatic carbocycles. The number of alkyl halides is 3. The van der Waals surface area contributed by atoms with Gasteiger partial charge in [-0.15, -0.1) is 11.8 Å². The van der Waals surface area contributed by atoms with E-state index in [1.807, 2.05) is 13.8 Å². The number of hydrogen-bond acceptors (Lipinski definition) is 5. The Balaban J connectivity index is 2.36. The minimum atomic E-state index is -4.57. The van der Waals surface area contributed by atoms with Gasteiger partial charge in [-0.2, -0.15) is 18.4 Å². The van der Waals surface area contributed by atoms with Crippen LogP contribution in [0.1, 0.15) is 42.7 Å². The van der Waals surface area contributed by atoms with Gasteiger partial charge in [0.05, 0.1) is 11.1 Å². The molecule has 4 nitrogen and oxygen atoms in total. The Hall–Kier alpha value is -1.30. The largest absolute Gasteiger partial charge is 0.418 e. The maximum atomic E-state index is 13.5. The van der Waals surface area contributed by atoms with Crippen molar-refractivity contribution in [2.24, 2.45) is 0 Å².